The topological polar surface area (TPSA) is 92.6 Å². The molecule has 0 aromatic heterocycles. The lowest BCUT2D eigenvalue weighted by molar-refractivity contribution is -0.213. The fraction of sp³-hybridized carbons (Fsp3) is 0.788. The summed E-state index contributed by atoms with van der Waals surface area (Å²) in [6, 6.07) is 0. The molecule has 0 bridgehead atoms. The van der Waals surface area contributed by atoms with E-state index in [-0.39, 0.29) is 18.1 Å². The zero-order valence-electron chi connectivity index (χ0n) is 25.7. The quantitative estimate of drug-likeness (QED) is 0.150. The van der Waals surface area contributed by atoms with E-state index in [4.69, 9.17) is 23.8 Å². The van der Waals surface area contributed by atoms with Crippen LogP contribution >= 0.6 is 0 Å². The number of hydrogen-bond acceptors (Lipinski definition) is 8. The average Bonchev–Trinajstić information content (AvgIpc) is 3.29. The van der Waals surface area contributed by atoms with Crippen molar-refractivity contribution >= 4 is 17.7 Å². The van der Waals surface area contributed by atoms with E-state index in [1.807, 2.05) is 13.0 Å². The van der Waals surface area contributed by atoms with Gasteiger partial charge in [-0.3, -0.25) is 9.59 Å². The summed E-state index contributed by atoms with van der Waals surface area (Å²) in [4.78, 5) is 28.4. The molecule has 4 unspecified atom stereocenters. The van der Waals surface area contributed by atoms with Gasteiger partial charge in [0.15, 0.2) is 6.29 Å². The summed E-state index contributed by atoms with van der Waals surface area (Å²) in [6.45, 7) is 12.5. The van der Waals surface area contributed by atoms with Gasteiger partial charge < -0.3 is 23.8 Å². The largest absolute Gasteiger partial charge is 0.463 e. The van der Waals surface area contributed by atoms with Crippen LogP contribution in [0.15, 0.2) is 29.0 Å². The smallest absolute Gasteiger partial charge is 0.303 e. The minimum Gasteiger partial charge on any atom is -0.463 e. The van der Waals surface area contributed by atoms with Gasteiger partial charge in [0, 0.05) is 19.8 Å². The van der Waals surface area contributed by atoms with E-state index in [1.54, 1.807) is 11.6 Å². The second kappa shape index (κ2) is 12.2. The van der Waals surface area contributed by atoms with Crippen LogP contribution in [-0.2, 0) is 33.4 Å². The molecule has 0 spiro atoms. The van der Waals surface area contributed by atoms with E-state index in [0.29, 0.717) is 23.9 Å². The summed E-state index contributed by atoms with van der Waals surface area (Å²) >= 11 is 0. The van der Waals surface area contributed by atoms with Crippen LogP contribution in [0.4, 0.5) is 0 Å². The molecule has 228 valence electrons. The first-order valence-electron chi connectivity index (χ1n) is 15.7. The number of rotatable bonds is 8. The minimum absolute atomic E-state index is 0.00634. The number of carbonyl (C=O) groups excluding carboxylic acids is 2. The van der Waals surface area contributed by atoms with Gasteiger partial charge in [-0.2, -0.15) is 0 Å². The molecule has 8 heteroatoms. The molecule has 3 fully saturated rings. The number of esters is 2. The average molecular weight is 572 g/mol. The first kappa shape index (κ1) is 30.3. The predicted octanol–water partition coefficient (Wildman–Crippen LogP) is 6.14. The van der Waals surface area contributed by atoms with Crippen LogP contribution in [-0.4, -0.2) is 55.5 Å². The molecule has 3 saturated carbocycles. The molecule has 41 heavy (non-hydrogen) atoms. The first-order valence-corrected chi connectivity index (χ1v) is 15.7. The van der Waals surface area contributed by atoms with Crippen molar-refractivity contribution in [1.29, 1.82) is 0 Å². The van der Waals surface area contributed by atoms with Gasteiger partial charge in [-0.25, -0.2) is 0 Å². The van der Waals surface area contributed by atoms with E-state index >= 15 is 0 Å². The third-order valence-corrected chi connectivity index (χ3v) is 11.1. The normalized spacial score (nSPS) is 41.9. The maximum Gasteiger partial charge on any atom is 0.303 e. The summed E-state index contributed by atoms with van der Waals surface area (Å²) in [5.74, 6) is 1.90. The molecule has 1 aliphatic heterocycles. The Morgan fingerprint density at radius 2 is 1.83 bits per heavy atom. The third-order valence-electron chi connectivity index (χ3n) is 11.1. The summed E-state index contributed by atoms with van der Waals surface area (Å²) in [7, 11) is 0. The number of nitrogens with zero attached hydrogens (tertiary/aromatic N) is 1. The molecular weight excluding hydrogens is 522 g/mol. The Morgan fingerprint density at radius 1 is 1.02 bits per heavy atom. The number of hydrogen-bond donors (Lipinski definition) is 0. The number of oxime groups is 1. The molecule has 0 N–H and O–H groups in total. The highest BCUT2D eigenvalue weighted by Gasteiger charge is 2.59. The van der Waals surface area contributed by atoms with Crippen molar-refractivity contribution in [3.8, 4) is 0 Å². The standard InChI is InChI=1S/C33H49NO7/c1-7-38-34-20(2)26-10-11-27-25-9-8-23-18-24(14-16-32(23,5)28(25)15-17-33(26,27)6)40-31-13-12-29(39-22(4)36)30(41-31)19-37-21(3)35/h8,12-13,24-31H,7,9-11,14-19H2,1-6H3/b34-20+/t24-,25?,26+,27?,28?,29-,30+,31?,32-,33+/m0/s1. The van der Waals surface area contributed by atoms with Crippen LogP contribution in [0.5, 0.6) is 0 Å². The maximum atomic E-state index is 11.6. The van der Waals surface area contributed by atoms with Crippen LogP contribution < -0.4 is 0 Å². The van der Waals surface area contributed by atoms with Crippen LogP contribution in [0.3, 0.4) is 0 Å². The Balaban J connectivity index is 1.24. The monoisotopic (exact) mass is 571 g/mol. The molecule has 0 aromatic carbocycles. The highest BCUT2D eigenvalue weighted by molar-refractivity contribution is 5.85. The van der Waals surface area contributed by atoms with E-state index in [9.17, 15) is 9.59 Å². The third kappa shape index (κ3) is 6.01. The maximum absolute atomic E-state index is 11.6. The number of fused-ring (bicyclic) bond motifs is 5. The SMILES string of the molecule is CCO/N=C(\C)[C@H]1CCC2C3CC=C4C[C@@H](OC5C=C[C@H](OC(C)=O)[C@@H](COC(C)=O)O5)CC[C@]4(C)C3CC[C@@]21C. The van der Waals surface area contributed by atoms with Crippen molar-refractivity contribution in [2.24, 2.45) is 39.7 Å². The number of carbonyl (C=O) groups is 2. The molecule has 0 amide bonds. The molecule has 0 saturated heterocycles. The van der Waals surface area contributed by atoms with Gasteiger partial charge in [0.2, 0.25) is 0 Å². The molecule has 0 radical (unpaired) electrons. The van der Waals surface area contributed by atoms with Gasteiger partial charge in [0.25, 0.3) is 0 Å². The fourth-order valence-corrected chi connectivity index (χ4v) is 9.19. The molecule has 5 aliphatic rings. The Hall–Kier alpha value is -2.19. The molecule has 8 nitrogen and oxygen atoms in total. The summed E-state index contributed by atoms with van der Waals surface area (Å²) in [5.41, 5.74) is 3.26. The Kier molecular flexibility index (Phi) is 9.01. The van der Waals surface area contributed by atoms with Gasteiger partial charge in [-0.1, -0.05) is 30.7 Å². The minimum atomic E-state index is -0.610. The van der Waals surface area contributed by atoms with Crippen LogP contribution in [0.2, 0.25) is 0 Å². The van der Waals surface area contributed by atoms with Gasteiger partial charge in [-0.05, 0) is 106 Å². The lowest BCUT2D eigenvalue weighted by Gasteiger charge is -2.58. The van der Waals surface area contributed by atoms with Crippen molar-refractivity contribution in [2.75, 3.05) is 13.2 Å². The molecular formula is C33H49NO7. The van der Waals surface area contributed by atoms with E-state index in [0.717, 1.165) is 37.5 Å². The van der Waals surface area contributed by atoms with E-state index < -0.39 is 30.4 Å². The number of ether oxygens (including phenoxy) is 4. The molecule has 5 rings (SSSR count). The van der Waals surface area contributed by atoms with Crippen molar-refractivity contribution in [3.05, 3.63) is 23.8 Å². The van der Waals surface area contributed by atoms with Gasteiger partial charge in [0.05, 0.1) is 11.8 Å². The molecule has 10 atom stereocenters. The van der Waals surface area contributed by atoms with Crippen LogP contribution in [0, 0.1) is 34.5 Å². The Morgan fingerprint density at radius 3 is 2.56 bits per heavy atom. The van der Waals surface area contributed by atoms with Crippen LogP contribution in [0.1, 0.15) is 92.9 Å². The zero-order chi connectivity index (χ0) is 29.4. The summed E-state index contributed by atoms with van der Waals surface area (Å²) in [5, 5.41) is 4.47. The lowest BCUT2D eigenvalue weighted by Crippen LogP contribution is -2.51. The van der Waals surface area contributed by atoms with Crippen molar-refractivity contribution < 1.29 is 33.4 Å². The Labute approximate surface area is 245 Å². The second-order valence-corrected chi connectivity index (χ2v) is 13.4. The molecule has 1 heterocycles. The van der Waals surface area contributed by atoms with Gasteiger partial charge >= 0.3 is 11.9 Å². The van der Waals surface area contributed by atoms with Crippen LogP contribution in [0.25, 0.3) is 0 Å². The fourth-order valence-electron chi connectivity index (χ4n) is 9.19. The first-order chi connectivity index (χ1) is 19.5. The van der Waals surface area contributed by atoms with Crippen molar-refractivity contribution in [3.63, 3.8) is 0 Å². The molecule has 4 aliphatic carbocycles. The van der Waals surface area contributed by atoms with Gasteiger partial charge in [-0.15, -0.1) is 0 Å². The summed E-state index contributed by atoms with van der Waals surface area (Å²) in [6.07, 6.45) is 13.7. The van der Waals surface area contributed by atoms with Gasteiger partial charge in [0.1, 0.15) is 25.4 Å². The molecule has 0 aromatic rings. The van der Waals surface area contributed by atoms with Crippen molar-refractivity contribution in [1.82, 2.24) is 0 Å². The Bertz CT molecular complexity index is 1080. The predicted molar refractivity (Wildman–Crippen MR) is 155 cm³/mol. The highest BCUT2D eigenvalue weighted by Crippen LogP contribution is 2.66. The van der Waals surface area contributed by atoms with E-state index in [1.165, 1.54) is 45.2 Å². The van der Waals surface area contributed by atoms with Crippen molar-refractivity contribution in [2.45, 2.75) is 118 Å². The summed E-state index contributed by atoms with van der Waals surface area (Å²) < 4.78 is 23.1. The highest BCUT2D eigenvalue weighted by atomic mass is 16.7. The zero-order valence-corrected chi connectivity index (χ0v) is 25.7. The lowest BCUT2D eigenvalue weighted by atomic mass is 9.47. The number of allylic oxidation sites excluding steroid dienone is 1. The van der Waals surface area contributed by atoms with E-state index in [2.05, 4.69) is 32.0 Å². The second-order valence-electron chi connectivity index (χ2n) is 13.4.